The number of carbonyl (C=O) groups excluding carboxylic acids is 2. The van der Waals surface area contributed by atoms with Crippen LogP contribution in [0, 0.1) is 0 Å². The third-order valence-corrected chi connectivity index (χ3v) is 4.04. The molecule has 0 unspecified atom stereocenters. The molecule has 1 aromatic heterocycles. The molecule has 0 fully saturated rings. The van der Waals surface area contributed by atoms with Crippen molar-refractivity contribution in [1.82, 2.24) is 15.7 Å². The predicted molar refractivity (Wildman–Crippen MR) is 115 cm³/mol. The van der Waals surface area contributed by atoms with Gasteiger partial charge in [0.2, 0.25) is 0 Å². The summed E-state index contributed by atoms with van der Waals surface area (Å²) in [4.78, 5) is 29.2. The minimum absolute atomic E-state index is 0.0564. The lowest BCUT2D eigenvalue weighted by Gasteiger charge is -2.09. The van der Waals surface area contributed by atoms with E-state index in [1.165, 1.54) is 6.21 Å². The summed E-state index contributed by atoms with van der Waals surface area (Å²) in [5.74, 6) is -0.266. The van der Waals surface area contributed by atoms with E-state index >= 15 is 0 Å². The molecule has 1 heterocycles. The number of aromatic nitrogens is 1. The second kappa shape index (κ2) is 10.3. The second-order valence-corrected chi connectivity index (χ2v) is 6.13. The van der Waals surface area contributed by atoms with Gasteiger partial charge in [-0.25, -0.2) is 5.43 Å². The van der Waals surface area contributed by atoms with Crippen molar-refractivity contribution < 1.29 is 14.3 Å². The lowest BCUT2D eigenvalue weighted by molar-refractivity contribution is -0.117. The van der Waals surface area contributed by atoms with Crippen molar-refractivity contribution in [3.05, 3.63) is 102 Å². The highest BCUT2D eigenvalue weighted by Gasteiger charge is 2.14. The normalized spacial score (nSPS) is 11.2. The number of pyridine rings is 1. The minimum atomic E-state index is -0.555. The fourth-order valence-corrected chi connectivity index (χ4v) is 2.48. The molecule has 0 aliphatic heterocycles. The second-order valence-electron chi connectivity index (χ2n) is 6.13. The van der Waals surface area contributed by atoms with Gasteiger partial charge in [0.15, 0.2) is 0 Å². The van der Waals surface area contributed by atoms with Crippen LogP contribution >= 0.6 is 0 Å². The number of benzene rings is 2. The number of carbonyl (C=O) groups is 2. The van der Waals surface area contributed by atoms with Gasteiger partial charge in [0.05, 0.1) is 13.3 Å². The standard InChI is InChI=1S/C23H20N4O3/c1-30-20-9-7-17(8-10-20)15-21(26-22(28)19-5-3-2-4-6-19)23(29)27-25-16-18-11-13-24-14-12-18/h2-16H,1H3,(H,26,28)(H,27,29)/b21-15+,25-16-. The highest BCUT2D eigenvalue weighted by molar-refractivity contribution is 6.05. The zero-order chi connectivity index (χ0) is 21.2. The molecular weight excluding hydrogens is 380 g/mol. The van der Waals surface area contributed by atoms with Crippen LogP contribution in [0.2, 0.25) is 0 Å². The third-order valence-electron chi connectivity index (χ3n) is 4.04. The molecule has 150 valence electrons. The lowest BCUT2D eigenvalue weighted by Crippen LogP contribution is -2.32. The molecule has 30 heavy (non-hydrogen) atoms. The summed E-state index contributed by atoms with van der Waals surface area (Å²) in [5, 5.41) is 6.60. The van der Waals surface area contributed by atoms with Crippen molar-refractivity contribution in [3.8, 4) is 5.75 Å². The number of hydrazone groups is 1. The van der Waals surface area contributed by atoms with E-state index in [9.17, 15) is 9.59 Å². The van der Waals surface area contributed by atoms with Crippen LogP contribution in [0.15, 0.2) is 89.9 Å². The SMILES string of the molecule is COc1ccc(/C=C(/NC(=O)c2ccccc2)C(=O)N/N=C\c2ccncc2)cc1. The summed E-state index contributed by atoms with van der Waals surface area (Å²) in [7, 11) is 1.57. The minimum Gasteiger partial charge on any atom is -0.497 e. The monoisotopic (exact) mass is 400 g/mol. The van der Waals surface area contributed by atoms with Gasteiger partial charge < -0.3 is 10.1 Å². The summed E-state index contributed by atoms with van der Waals surface area (Å²) >= 11 is 0. The fraction of sp³-hybridized carbons (Fsp3) is 0.0435. The Morgan fingerprint density at radius 2 is 1.63 bits per heavy atom. The van der Waals surface area contributed by atoms with Crippen LogP contribution in [0.25, 0.3) is 6.08 Å². The summed E-state index contributed by atoms with van der Waals surface area (Å²) < 4.78 is 5.15. The third kappa shape index (κ3) is 5.87. The molecule has 2 amide bonds. The van der Waals surface area contributed by atoms with E-state index in [1.54, 1.807) is 86.2 Å². The summed E-state index contributed by atoms with van der Waals surface area (Å²) in [6.45, 7) is 0. The number of rotatable bonds is 7. The van der Waals surface area contributed by atoms with Crippen LogP contribution in [0.5, 0.6) is 5.75 Å². The van der Waals surface area contributed by atoms with E-state index in [1.807, 2.05) is 6.07 Å². The maximum atomic E-state index is 12.7. The summed E-state index contributed by atoms with van der Waals surface area (Å²) in [5.41, 5.74) is 4.42. The van der Waals surface area contributed by atoms with Gasteiger partial charge in [-0.2, -0.15) is 5.10 Å². The van der Waals surface area contributed by atoms with Crippen molar-refractivity contribution in [2.75, 3.05) is 7.11 Å². The topological polar surface area (TPSA) is 92.7 Å². The van der Waals surface area contributed by atoms with Crippen LogP contribution in [-0.2, 0) is 4.79 Å². The molecule has 0 atom stereocenters. The number of hydrogen-bond donors (Lipinski definition) is 2. The van der Waals surface area contributed by atoms with E-state index in [2.05, 4.69) is 20.8 Å². The van der Waals surface area contributed by atoms with Crippen LogP contribution in [0.3, 0.4) is 0 Å². The Kier molecular flexibility index (Phi) is 7.05. The van der Waals surface area contributed by atoms with Crippen molar-refractivity contribution in [2.24, 2.45) is 5.10 Å². The van der Waals surface area contributed by atoms with Gasteiger partial charge in [-0.05, 0) is 53.6 Å². The van der Waals surface area contributed by atoms with Gasteiger partial charge >= 0.3 is 0 Å². The highest BCUT2D eigenvalue weighted by Crippen LogP contribution is 2.14. The molecule has 2 N–H and O–H groups in total. The zero-order valence-corrected chi connectivity index (χ0v) is 16.3. The predicted octanol–water partition coefficient (Wildman–Crippen LogP) is 3.01. The first-order chi connectivity index (χ1) is 14.7. The maximum Gasteiger partial charge on any atom is 0.287 e. The smallest absolute Gasteiger partial charge is 0.287 e. The molecule has 0 saturated carbocycles. The lowest BCUT2D eigenvalue weighted by atomic mass is 10.1. The summed E-state index contributed by atoms with van der Waals surface area (Å²) in [6, 6.07) is 19.2. The Bertz CT molecular complexity index is 1050. The molecular formula is C23H20N4O3. The van der Waals surface area contributed by atoms with Crippen molar-refractivity contribution in [1.29, 1.82) is 0 Å². The van der Waals surface area contributed by atoms with E-state index in [0.717, 1.165) is 5.56 Å². The van der Waals surface area contributed by atoms with Crippen LogP contribution < -0.4 is 15.5 Å². The number of amides is 2. The largest absolute Gasteiger partial charge is 0.497 e. The molecule has 0 saturated heterocycles. The average Bonchev–Trinajstić information content (AvgIpc) is 2.80. The molecule has 2 aromatic carbocycles. The Morgan fingerprint density at radius 3 is 2.30 bits per heavy atom. The first-order valence-corrected chi connectivity index (χ1v) is 9.11. The fourth-order valence-electron chi connectivity index (χ4n) is 2.48. The Hall–Kier alpha value is -4.26. The van der Waals surface area contributed by atoms with Gasteiger partial charge in [-0.15, -0.1) is 0 Å². The van der Waals surface area contributed by atoms with Crippen LogP contribution in [0.4, 0.5) is 0 Å². The van der Waals surface area contributed by atoms with Crippen molar-refractivity contribution in [2.45, 2.75) is 0 Å². The van der Waals surface area contributed by atoms with Crippen molar-refractivity contribution >= 4 is 24.1 Å². The quantitative estimate of drug-likeness (QED) is 0.362. The van der Waals surface area contributed by atoms with E-state index in [-0.39, 0.29) is 5.70 Å². The van der Waals surface area contributed by atoms with Crippen LogP contribution in [0.1, 0.15) is 21.5 Å². The molecule has 3 rings (SSSR count). The van der Waals surface area contributed by atoms with E-state index < -0.39 is 11.8 Å². The van der Waals surface area contributed by atoms with Gasteiger partial charge in [0, 0.05) is 18.0 Å². The van der Waals surface area contributed by atoms with Gasteiger partial charge in [0.1, 0.15) is 11.4 Å². The maximum absolute atomic E-state index is 12.7. The van der Waals surface area contributed by atoms with E-state index in [4.69, 9.17) is 4.74 Å². The molecule has 0 radical (unpaired) electrons. The number of nitrogens with one attached hydrogen (secondary N) is 2. The summed E-state index contributed by atoms with van der Waals surface area (Å²) in [6.07, 6.45) is 6.30. The first-order valence-electron chi connectivity index (χ1n) is 9.11. The number of nitrogens with zero attached hydrogens (tertiary/aromatic N) is 2. The molecule has 7 heteroatoms. The molecule has 0 aliphatic carbocycles. The molecule has 0 bridgehead atoms. The first kappa shape index (κ1) is 20.5. The Morgan fingerprint density at radius 1 is 0.933 bits per heavy atom. The van der Waals surface area contributed by atoms with Gasteiger partial charge in [0.25, 0.3) is 11.8 Å². The molecule has 3 aromatic rings. The Balaban J connectivity index is 1.80. The van der Waals surface area contributed by atoms with Crippen molar-refractivity contribution in [3.63, 3.8) is 0 Å². The number of ether oxygens (including phenoxy) is 1. The highest BCUT2D eigenvalue weighted by atomic mass is 16.5. The van der Waals surface area contributed by atoms with E-state index in [0.29, 0.717) is 16.9 Å². The molecule has 7 nitrogen and oxygen atoms in total. The molecule has 0 spiro atoms. The number of methoxy groups -OCH3 is 1. The zero-order valence-electron chi connectivity index (χ0n) is 16.3. The van der Waals surface area contributed by atoms with Gasteiger partial charge in [-0.3, -0.25) is 14.6 Å². The van der Waals surface area contributed by atoms with Crippen LogP contribution in [-0.4, -0.2) is 30.1 Å². The average molecular weight is 400 g/mol. The molecule has 0 aliphatic rings. The Labute approximate surface area is 174 Å². The number of hydrogen-bond acceptors (Lipinski definition) is 5. The van der Waals surface area contributed by atoms with Gasteiger partial charge in [-0.1, -0.05) is 30.3 Å².